The van der Waals surface area contributed by atoms with Crippen LogP contribution in [0.3, 0.4) is 0 Å². The number of aliphatic imine (C=N–C) groups is 1. The fraction of sp³-hybridized carbons (Fsp3) is 0.429. The van der Waals surface area contributed by atoms with Crippen LogP contribution in [0.5, 0.6) is 0 Å². The molecule has 2 bridgehead atoms. The number of amides is 2. The highest BCUT2D eigenvalue weighted by Crippen LogP contribution is 2.50. The molecule has 0 aromatic carbocycles. The lowest BCUT2D eigenvalue weighted by Crippen LogP contribution is -2.55. The van der Waals surface area contributed by atoms with Crippen LogP contribution in [0.2, 0.25) is 0 Å². The smallest absolute Gasteiger partial charge is 0.345 e. The Labute approximate surface area is 124 Å². The van der Waals surface area contributed by atoms with Crippen molar-refractivity contribution in [1.82, 2.24) is 4.90 Å². The number of fused-ring (bicyclic) bond motifs is 7. The van der Waals surface area contributed by atoms with Gasteiger partial charge in [-0.05, 0) is 30.0 Å². The van der Waals surface area contributed by atoms with Crippen LogP contribution < -0.4 is 0 Å². The number of thioether (sulfide) groups is 1. The average molecular weight is 304 g/mol. The molecule has 21 heavy (non-hydrogen) atoms. The fourth-order valence-electron chi connectivity index (χ4n) is 3.65. The van der Waals surface area contributed by atoms with Crippen LogP contribution >= 0.6 is 11.8 Å². The molecule has 2 heterocycles. The summed E-state index contributed by atoms with van der Waals surface area (Å²) < 4.78 is 4.63. The van der Waals surface area contributed by atoms with E-state index in [-0.39, 0.29) is 40.5 Å². The average Bonchev–Trinajstić information content (AvgIpc) is 3.07. The van der Waals surface area contributed by atoms with Crippen LogP contribution in [-0.2, 0) is 19.1 Å². The molecule has 108 valence electrons. The van der Waals surface area contributed by atoms with Crippen LogP contribution in [-0.4, -0.2) is 41.0 Å². The summed E-state index contributed by atoms with van der Waals surface area (Å²) in [7, 11) is 1.26. The molecule has 2 aliphatic heterocycles. The minimum absolute atomic E-state index is 0.157. The number of hydrogen-bond acceptors (Lipinski definition) is 5. The minimum Gasteiger partial charge on any atom is -0.465 e. The summed E-state index contributed by atoms with van der Waals surface area (Å²) >= 11 is 1.03. The molecule has 0 aromatic heterocycles. The maximum Gasteiger partial charge on any atom is 0.345 e. The van der Waals surface area contributed by atoms with Crippen molar-refractivity contribution < 1.29 is 19.1 Å². The lowest BCUT2D eigenvalue weighted by molar-refractivity contribution is -0.136. The molecule has 4 rings (SSSR count). The van der Waals surface area contributed by atoms with Gasteiger partial charge in [0.1, 0.15) is 4.91 Å². The van der Waals surface area contributed by atoms with Crippen LogP contribution in [0.25, 0.3) is 0 Å². The van der Waals surface area contributed by atoms with Crippen molar-refractivity contribution in [3.05, 3.63) is 23.1 Å². The molecule has 4 atom stereocenters. The molecule has 1 saturated carbocycles. The van der Waals surface area contributed by atoms with Crippen LogP contribution in [0.4, 0.5) is 0 Å². The van der Waals surface area contributed by atoms with Gasteiger partial charge in [-0.3, -0.25) is 14.5 Å². The molecule has 0 aromatic rings. The number of amidine groups is 1. The Morgan fingerprint density at radius 2 is 2.14 bits per heavy atom. The van der Waals surface area contributed by atoms with Gasteiger partial charge in [0.05, 0.1) is 19.1 Å². The van der Waals surface area contributed by atoms with Crippen molar-refractivity contribution in [2.45, 2.75) is 12.5 Å². The maximum atomic E-state index is 12.4. The summed E-state index contributed by atoms with van der Waals surface area (Å²) in [5, 5.41) is 0.301. The standard InChI is InChI=1S/C14H12N2O4S/c1-20-13(19)8-5-9(17)16-11-7-3-2-6(4-7)10(11)12(18)15-14(16)21-8/h2-3,5-7,10-11H,4H2,1H3/t6-,7+,10-,11+/m0/s1. The molecule has 0 N–H and O–H groups in total. The third-order valence-electron chi connectivity index (χ3n) is 4.49. The molecule has 0 radical (unpaired) electrons. The van der Waals surface area contributed by atoms with Crippen molar-refractivity contribution in [3.63, 3.8) is 0 Å². The molecule has 1 fully saturated rings. The molecule has 6 nitrogen and oxygen atoms in total. The predicted molar refractivity (Wildman–Crippen MR) is 75.0 cm³/mol. The quantitative estimate of drug-likeness (QED) is 0.526. The monoisotopic (exact) mass is 304 g/mol. The number of allylic oxidation sites excluding steroid dienone is 1. The molecule has 0 unspecified atom stereocenters. The molecule has 0 spiro atoms. The summed E-state index contributed by atoms with van der Waals surface area (Å²) in [6.07, 6.45) is 6.31. The van der Waals surface area contributed by atoms with Gasteiger partial charge in [-0.1, -0.05) is 12.2 Å². The van der Waals surface area contributed by atoms with Gasteiger partial charge >= 0.3 is 5.97 Å². The Morgan fingerprint density at radius 3 is 2.90 bits per heavy atom. The van der Waals surface area contributed by atoms with E-state index < -0.39 is 5.97 Å². The third-order valence-corrected chi connectivity index (χ3v) is 5.47. The van der Waals surface area contributed by atoms with Gasteiger partial charge < -0.3 is 4.74 Å². The lowest BCUT2D eigenvalue weighted by atomic mass is 9.86. The first-order chi connectivity index (χ1) is 10.1. The zero-order chi connectivity index (χ0) is 14.7. The Balaban J connectivity index is 1.75. The Bertz CT molecular complexity index is 666. The van der Waals surface area contributed by atoms with Gasteiger partial charge in [0.2, 0.25) is 0 Å². The largest absolute Gasteiger partial charge is 0.465 e. The number of carbonyl (C=O) groups excluding carboxylic acids is 3. The van der Waals surface area contributed by atoms with E-state index in [1.807, 2.05) is 0 Å². The van der Waals surface area contributed by atoms with Gasteiger partial charge in [-0.15, -0.1) is 0 Å². The van der Waals surface area contributed by atoms with E-state index in [9.17, 15) is 14.4 Å². The highest BCUT2D eigenvalue weighted by atomic mass is 32.2. The third kappa shape index (κ3) is 1.67. The van der Waals surface area contributed by atoms with Crippen molar-refractivity contribution in [2.75, 3.05) is 7.11 Å². The summed E-state index contributed by atoms with van der Waals surface area (Å²) in [5.41, 5.74) is 0. The fourth-order valence-corrected chi connectivity index (χ4v) is 4.62. The first kappa shape index (κ1) is 12.8. The van der Waals surface area contributed by atoms with E-state index >= 15 is 0 Å². The first-order valence-electron chi connectivity index (χ1n) is 6.72. The van der Waals surface area contributed by atoms with E-state index in [2.05, 4.69) is 21.9 Å². The van der Waals surface area contributed by atoms with E-state index in [1.54, 1.807) is 4.90 Å². The number of esters is 1. The minimum atomic E-state index is -0.585. The molecule has 2 amide bonds. The van der Waals surface area contributed by atoms with Gasteiger partial charge in [-0.25, -0.2) is 4.79 Å². The number of ether oxygens (including phenoxy) is 1. The number of carbonyl (C=O) groups is 3. The highest BCUT2D eigenvalue weighted by Gasteiger charge is 2.55. The predicted octanol–water partition coefficient (Wildman–Crippen LogP) is 0.706. The Hall–Kier alpha value is -1.89. The molecular weight excluding hydrogens is 292 g/mol. The van der Waals surface area contributed by atoms with Crippen LogP contribution in [0.15, 0.2) is 28.1 Å². The topological polar surface area (TPSA) is 76.0 Å². The number of rotatable bonds is 1. The summed E-state index contributed by atoms with van der Waals surface area (Å²) in [6.45, 7) is 0. The van der Waals surface area contributed by atoms with Gasteiger partial charge in [0.25, 0.3) is 11.8 Å². The van der Waals surface area contributed by atoms with Gasteiger partial charge in [0.15, 0.2) is 5.17 Å². The molecule has 2 aliphatic carbocycles. The Kier molecular flexibility index (Phi) is 2.63. The second kappa shape index (κ2) is 4.30. The second-order valence-corrected chi connectivity index (χ2v) is 6.52. The van der Waals surface area contributed by atoms with Crippen molar-refractivity contribution in [2.24, 2.45) is 22.7 Å². The summed E-state index contributed by atoms with van der Waals surface area (Å²) in [6, 6.07) is -0.157. The molecule has 4 aliphatic rings. The van der Waals surface area contributed by atoms with Gasteiger partial charge in [0, 0.05) is 6.08 Å². The maximum absolute atomic E-state index is 12.4. The zero-order valence-corrected chi connectivity index (χ0v) is 12.0. The molecule has 7 heteroatoms. The molecule has 0 saturated heterocycles. The van der Waals surface area contributed by atoms with E-state index in [0.717, 1.165) is 18.2 Å². The van der Waals surface area contributed by atoms with Crippen LogP contribution in [0.1, 0.15) is 6.42 Å². The van der Waals surface area contributed by atoms with E-state index in [0.29, 0.717) is 5.17 Å². The SMILES string of the molecule is COC(=O)C1=CC(=O)N2C(=NC(=O)[C@@H]3[C@H]2[C@@H]2C=C[C@H]3C2)S1. The lowest BCUT2D eigenvalue weighted by Gasteiger charge is -2.40. The van der Waals surface area contributed by atoms with Crippen molar-refractivity contribution in [3.8, 4) is 0 Å². The summed E-state index contributed by atoms with van der Waals surface area (Å²) in [4.78, 5) is 42.0. The number of nitrogens with zero attached hydrogens (tertiary/aromatic N) is 2. The normalized spacial score (nSPS) is 36.1. The summed E-state index contributed by atoms with van der Waals surface area (Å²) in [5.74, 6) is -0.918. The van der Waals surface area contributed by atoms with Crippen LogP contribution in [0, 0.1) is 17.8 Å². The van der Waals surface area contributed by atoms with Crippen molar-refractivity contribution >= 4 is 34.7 Å². The highest BCUT2D eigenvalue weighted by molar-refractivity contribution is 8.18. The number of hydrogen-bond donors (Lipinski definition) is 0. The van der Waals surface area contributed by atoms with Gasteiger partial charge in [-0.2, -0.15) is 4.99 Å². The Morgan fingerprint density at radius 1 is 1.38 bits per heavy atom. The van der Waals surface area contributed by atoms with E-state index in [1.165, 1.54) is 13.2 Å². The molecular formula is C14H12N2O4S. The van der Waals surface area contributed by atoms with Crippen molar-refractivity contribution in [1.29, 1.82) is 0 Å². The zero-order valence-electron chi connectivity index (χ0n) is 11.2. The number of methoxy groups -OCH3 is 1. The first-order valence-corrected chi connectivity index (χ1v) is 7.53. The second-order valence-electron chi connectivity index (χ2n) is 5.51. The van der Waals surface area contributed by atoms with E-state index in [4.69, 9.17) is 0 Å².